The van der Waals surface area contributed by atoms with Gasteiger partial charge >= 0.3 is 5.97 Å². The van der Waals surface area contributed by atoms with Gasteiger partial charge in [-0.15, -0.1) is 0 Å². The van der Waals surface area contributed by atoms with E-state index in [2.05, 4.69) is 0 Å². The molecule has 0 atom stereocenters. The number of phenols is 1. The Balaban J connectivity index is 2.32. The number of carbonyl (C=O) groups is 1. The molecule has 0 heterocycles. The average molecular weight is 238 g/mol. The van der Waals surface area contributed by atoms with E-state index >= 15 is 0 Å². The summed E-state index contributed by atoms with van der Waals surface area (Å²) in [5.41, 5.74) is 0.845. The van der Waals surface area contributed by atoms with Crippen LogP contribution >= 0.6 is 0 Å². The highest BCUT2D eigenvalue weighted by Gasteiger charge is 2.09. The van der Waals surface area contributed by atoms with Gasteiger partial charge in [0.2, 0.25) is 0 Å². The van der Waals surface area contributed by atoms with Crippen LogP contribution in [0.3, 0.4) is 0 Å². The molecule has 1 aromatic carbocycles. The van der Waals surface area contributed by atoms with Crippen LogP contribution in [0.4, 0.5) is 0 Å². The Labute approximate surface area is 102 Å². The quantitative estimate of drug-likeness (QED) is 0.619. The molecule has 0 aliphatic rings. The van der Waals surface area contributed by atoms with Crippen LogP contribution in [0.15, 0.2) is 24.3 Å². The zero-order chi connectivity index (χ0) is 12.9. The van der Waals surface area contributed by atoms with Gasteiger partial charge in [0.1, 0.15) is 18.9 Å². The van der Waals surface area contributed by atoms with Crippen LogP contribution in [0, 0.1) is 0 Å². The van der Waals surface area contributed by atoms with Crippen LogP contribution in [-0.2, 0) is 16.0 Å². The van der Waals surface area contributed by atoms with E-state index < -0.39 is 0 Å². The monoisotopic (exact) mass is 238 g/mol. The summed E-state index contributed by atoms with van der Waals surface area (Å²) in [7, 11) is 6.15. The van der Waals surface area contributed by atoms with Gasteiger partial charge in [-0.25, -0.2) is 0 Å². The van der Waals surface area contributed by atoms with E-state index in [0.29, 0.717) is 6.61 Å². The highest BCUT2D eigenvalue weighted by atomic mass is 16.5. The van der Waals surface area contributed by atoms with Crippen molar-refractivity contribution in [3.63, 3.8) is 0 Å². The fraction of sp³-hybridized carbons (Fsp3) is 0.462. The third-order valence-electron chi connectivity index (χ3n) is 2.31. The summed E-state index contributed by atoms with van der Waals surface area (Å²) in [5.74, 6) is -0.0312. The number of quaternary nitrogens is 1. The van der Waals surface area contributed by atoms with E-state index in [1.807, 2.05) is 21.1 Å². The van der Waals surface area contributed by atoms with Crippen LogP contribution in [0.2, 0.25) is 0 Å². The largest absolute Gasteiger partial charge is 0.508 e. The molecule has 0 amide bonds. The maximum absolute atomic E-state index is 11.5. The molecule has 4 heteroatoms. The number of hydrogen-bond acceptors (Lipinski definition) is 3. The maximum atomic E-state index is 11.5. The molecule has 0 saturated carbocycles. The van der Waals surface area contributed by atoms with Gasteiger partial charge in [-0.1, -0.05) is 12.1 Å². The molecule has 0 bridgehead atoms. The number of rotatable bonds is 5. The van der Waals surface area contributed by atoms with Crippen molar-refractivity contribution in [3.8, 4) is 5.75 Å². The topological polar surface area (TPSA) is 46.5 Å². The second-order valence-electron chi connectivity index (χ2n) is 5.08. The van der Waals surface area contributed by atoms with Gasteiger partial charge in [0, 0.05) is 0 Å². The van der Waals surface area contributed by atoms with E-state index in [-0.39, 0.29) is 18.1 Å². The number of nitrogens with zero attached hydrogens (tertiary/aromatic N) is 1. The Kier molecular flexibility index (Phi) is 4.52. The van der Waals surface area contributed by atoms with Crippen LogP contribution in [0.5, 0.6) is 5.75 Å². The van der Waals surface area contributed by atoms with Gasteiger partial charge in [-0.2, -0.15) is 0 Å². The lowest BCUT2D eigenvalue weighted by molar-refractivity contribution is -0.870. The third kappa shape index (κ3) is 5.92. The predicted molar refractivity (Wildman–Crippen MR) is 65.7 cm³/mol. The van der Waals surface area contributed by atoms with Crippen LogP contribution in [0.1, 0.15) is 5.56 Å². The summed E-state index contributed by atoms with van der Waals surface area (Å²) in [6.07, 6.45) is 0.247. The van der Waals surface area contributed by atoms with Gasteiger partial charge in [-0.05, 0) is 17.7 Å². The highest BCUT2D eigenvalue weighted by molar-refractivity contribution is 5.72. The molecule has 1 aromatic rings. The second-order valence-corrected chi connectivity index (χ2v) is 5.08. The molecule has 0 fully saturated rings. The van der Waals surface area contributed by atoms with E-state index in [4.69, 9.17) is 9.84 Å². The standard InChI is InChI=1S/C13H19NO3/c1-14(2,3)8-9-17-13(16)10-11-4-6-12(15)7-5-11/h4-7H,8-10H2,1-3H3/p+1. The van der Waals surface area contributed by atoms with E-state index in [9.17, 15) is 4.79 Å². The summed E-state index contributed by atoms with van der Waals surface area (Å²) in [4.78, 5) is 11.5. The Morgan fingerprint density at radius 2 is 1.82 bits per heavy atom. The lowest BCUT2D eigenvalue weighted by Gasteiger charge is -2.23. The SMILES string of the molecule is C[N+](C)(C)CCOC(=O)Cc1ccc(O)cc1. The minimum absolute atomic E-state index is 0.201. The molecular formula is C13H20NO3+. The molecule has 0 saturated heterocycles. The molecule has 94 valence electrons. The fourth-order valence-corrected chi connectivity index (χ4v) is 1.26. The first kappa shape index (κ1) is 13.5. The average Bonchev–Trinajstić information content (AvgIpc) is 2.19. The second kappa shape index (κ2) is 5.68. The summed E-state index contributed by atoms with van der Waals surface area (Å²) in [6, 6.07) is 6.57. The van der Waals surface area contributed by atoms with Crippen molar-refractivity contribution in [1.82, 2.24) is 0 Å². The third-order valence-corrected chi connectivity index (χ3v) is 2.31. The van der Waals surface area contributed by atoms with Gasteiger partial charge in [0.15, 0.2) is 0 Å². The Bertz CT molecular complexity index is 365. The number of benzene rings is 1. The van der Waals surface area contributed by atoms with Crippen molar-refractivity contribution in [2.75, 3.05) is 34.3 Å². The zero-order valence-corrected chi connectivity index (χ0v) is 10.6. The zero-order valence-electron chi connectivity index (χ0n) is 10.6. The Hall–Kier alpha value is -1.55. The normalized spacial score (nSPS) is 11.2. The molecule has 1 N–H and O–H groups in total. The van der Waals surface area contributed by atoms with Crippen LogP contribution in [0.25, 0.3) is 0 Å². The highest BCUT2D eigenvalue weighted by Crippen LogP contribution is 2.10. The number of phenolic OH excluding ortho intramolecular Hbond substituents is 1. The van der Waals surface area contributed by atoms with Gasteiger partial charge in [-0.3, -0.25) is 4.79 Å². The summed E-state index contributed by atoms with van der Waals surface area (Å²) >= 11 is 0. The van der Waals surface area contributed by atoms with Crippen molar-refractivity contribution >= 4 is 5.97 Å². The molecular weight excluding hydrogens is 218 g/mol. The number of esters is 1. The van der Waals surface area contributed by atoms with Crippen LogP contribution < -0.4 is 0 Å². The van der Waals surface area contributed by atoms with Crippen LogP contribution in [-0.4, -0.2) is 49.9 Å². The van der Waals surface area contributed by atoms with Crippen molar-refractivity contribution < 1.29 is 19.1 Å². The minimum atomic E-state index is -0.232. The number of ether oxygens (including phenoxy) is 1. The van der Waals surface area contributed by atoms with Crippen molar-refractivity contribution in [1.29, 1.82) is 0 Å². The smallest absolute Gasteiger partial charge is 0.310 e. The van der Waals surface area contributed by atoms with Gasteiger partial charge in [0.25, 0.3) is 0 Å². The van der Waals surface area contributed by atoms with Crippen molar-refractivity contribution in [2.45, 2.75) is 6.42 Å². The number of likely N-dealkylation sites (N-methyl/N-ethyl adjacent to an activating group) is 1. The number of aromatic hydroxyl groups is 1. The first-order chi connectivity index (χ1) is 7.87. The molecule has 17 heavy (non-hydrogen) atoms. The van der Waals surface area contributed by atoms with Gasteiger partial charge < -0.3 is 14.3 Å². The van der Waals surface area contributed by atoms with Crippen molar-refractivity contribution in [2.24, 2.45) is 0 Å². The Morgan fingerprint density at radius 3 is 2.35 bits per heavy atom. The molecule has 0 aromatic heterocycles. The maximum Gasteiger partial charge on any atom is 0.310 e. The van der Waals surface area contributed by atoms with E-state index in [1.54, 1.807) is 24.3 Å². The number of carbonyl (C=O) groups excluding carboxylic acids is 1. The lowest BCUT2D eigenvalue weighted by Crippen LogP contribution is -2.38. The van der Waals surface area contributed by atoms with E-state index in [0.717, 1.165) is 16.6 Å². The fourth-order valence-electron chi connectivity index (χ4n) is 1.26. The van der Waals surface area contributed by atoms with E-state index in [1.165, 1.54) is 0 Å². The minimum Gasteiger partial charge on any atom is -0.508 e. The summed E-state index contributed by atoms with van der Waals surface area (Å²) < 4.78 is 5.91. The molecule has 4 nitrogen and oxygen atoms in total. The summed E-state index contributed by atoms with van der Waals surface area (Å²) in [6.45, 7) is 1.22. The first-order valence-electron chi connectivity index (χ1n) is 5.61. The summed E-state index contributed by atoms with van der Waals surface area (Å²) in [5, 5.41) is 9.10. The number of hydrogen-bond donors (Lipinski definition) is 1. The molecule has 0 unspecified atom stereocenters. The molecule has 0 aliphatic heterocycles. The predicted octanol–water partition coefficient (Wildman–Crippen LogP) is 1.18. The Morgan fingerprint density at radius 1 is 1.24 bits per heavy atom. The molecule has 0 radical (unpaired) electrons. The van der Waals surface area contributed by atoms with Crippen molar-refractivity contribution in [3.05, 3.63) is 29.8 Å². The molecule has 1 rings (SSSR count). The first-order valence-corrected chi connectivity index (χ1v) is 5.61. The van der Waals surface area contributed by atoms with Gasteiger partial charge in [0.05, 0.1) is 27.6 Å². The lowest BCUT2D eigenvalue weighted by atomic mass is 10.1. The molecule has 0 spiro atoms. The molecule has 0 aliphatic carbocycles.